The van der Waals surface area contributed by atoms with Crippen LogP contribution in [0.15, 0.2) is 42.5 Å². The highest BCUT2D eigenvalue weighted by Crippen LogP contribution is 2.29. The van der Waals surface area contributed by atoms with Crippen LogP contribution in [0, 0.1) is 11.3 Å². The smallest absolute Gasteiger partial charge is 0.258 e. The van der Waals surface area contributed by atoms with Gasteiger partial charge >= 0.3 is 0 Å². The summed E-state index contributed by atoms with van der Waals surface area (Å²) in [6, 6.07) is 12.9. The molecule has 1 saturated heterocycles. The van der Waals surface area contributed by atoms with Gasteiger partial charge in [-0.25, -0.2) is 0 Å². The summed E-state index contributed by atoms with van der Waals surface area (Å²) < 4.78 is 0. The standard InChI is InChI=1S/C22H18N4O4/c23-10-13-3-1-4-14(9-13)20(28)25-21(29)16-6-2-5-15-11-26(12-17(15)16)18-7-8-19(27)24-22(18)30/h1-6,9,18H,7-8,11-12H2,(H,24,27,30)(H,25,28,29). The van der Waals surface area contributed by atoms with E-state index in [-0.39, 0.29) is 23.8 Å². The lowest BCUT2D eigenvalue weighted by molar-refractivity contribution is -0.137. The zero-order valence-corrected chi connectivity index (χ0v) is 16.0. The minimum atomic E-state index is -0.588. The normalized spacial score (nSPS) is 18.3. The third-order valence-electron chi connectivity index (χ3n) is 5.38. The molecule has 1 fully saturated rings. The Morgan fingerprint density at radius 1 is 1.10 bits per heavy atom. The lowest BCUT2D eigenvalue weighted by Crippen LogP contribution is -2.50. The summed E-state index contributed by atoms with van der Waals surface area (Å²) in [7, 11) is 0. The third-order valence-corrected chi connectivity index (χ3v) is 5.38. The molecule has 0 bridgehead atoms. The fourth-order valence-corrected chi connectivity index (χ4v) is 3.88. The second kappa shape index (κ2) is 7.89. The van der Waals surface area contributed by atoms with Crippen LogP contribution in [0.3, 0.4) is 0 Å². The van der Waals surface area contributed by atoms with Crippen molar-refractivity contribution in [2.24, 2.45) is 0 Å². The number of hydrogen-bond acceptors (Lipinski definition) is 6. The molecule has 2 N–H and O–H groups in total. The van der Waals surface area contributed by atoms with Crippen LogP contribution in [0.5, 0.6) is 0 Å². The number of nitrogens with one attached hydrogen (secondary N) is 2. The number of benzene rings is 2. The summed E-state index contributed by atoms with van der Waals surface area (Å²) in [4.78, 5) is 50.8. The van der Waals surface area contributed by atoms with Gasteiger partial charge in [0, 0.05) is 30.6 Å². The van der Waals surface area contributed by atoms with Crippen LogP contribution in [-0.4, -0.2) is 34.6 Å². The second-order valence-corrected chi connectivity index (χ2v) is 7.29. The van der Waals surface area contributed by atoms with E-state index >= 15 is 0 Å². The van der Waals surface area contributed by atoms with Crippen molar-refractivity contribution in [1.29, 1.82) is 5.26 Å². The molecule has 0 radical (unpaired) electrons. The van der Waals surface area contributed by atoms with E-state index in [2.05, 4.69) is 10.6 Å². The van der Waals surface area contributed by atoms with Crippen LogP contribution in [0.25, 0.3) is 0 Å². The molecule has 8 heteroatoms. The molecule has 150 valence electrons. The van der Waals surface area contributed by atoms with Crippen LogP contribution in [0.1, 0.15) is 50.2 Å². The lowest BCUT2D eigenvalue weighted by atomic mass is 10.0. The maximum absolute atomic E-state index is 12.8. The lowest BCUT2D eigenvalue weighted by Gasteiger charge is -2.29. The van der Waals surface area contributed by atoms with Crippen LogP contribution in [0.4, 0.5) is 0 Å². The SMILES string of the molecule is N#Cc1cccc(C(=O)NC(=O)c2cccc3c2CN(C2CCC(=O)NC2=O)C3)c1. The molecule has 30 heavy (non-hydrogen) atoms. The van der Waals surface area contributed by atoms with E-state index < -0.39 is 17.9 Å². The Balaban J connectivity index is 1.51. The predicted octanol–water partition coefficient (Wildman–Crippen LogP) is 1.25. The van der Waals surface area contributed by atoms with E-state index in [0.717, 1.165) is 11.1 Å². The van der Waals surface area contributed by atoms with E-state index in [4.69, 9.17) is 5.26 Å². The van der Waals surface area contributed by atoms with Gasteiger partial charge in [0.05, 0.1) is 17.7 Å². The van der Waals surface area contributed by atoms with Gasteiger partial charge in [0.25, 0.3) is 11.8 Å². The van der Waals surface area contributed by atoms with Gasteiger partial charge in [-0.1, -0.05) is 18.2 Å². The van der Waals surface area contributed by atoms with Crippen molar-refractivity contribution < 1.29 is 19.2 Å². The molecule has 2 aliphatic heterocycles. The monoisotopic (exact) mass is 402 g/mol. The van der Waals surface area contributed by atoms with Gasteiger partial charge < -0.3 is 0 Å². The van der Waals surface area contributed by atoms with Crippen molar-refractivity contribution in [3.8, 4) is 6.07 Å². The van der Waals surface area contributed by atoms with Crippen LogP contribution < -0.4 is 10.6 Å². The van der Waals surface area contributed by atoms with E-state index in [0.29, 0.717) is 30.6 Å². The first-order chi connectivity index (χ1) is 14.5. The Bertz CT molecular complexity index is 1120. The number of carbonyl (C=O) groups excluding carboxylic acids is 4. The van der Waals surface area contributed by atoms with Gasteiger partial charge in [0.1, 0.15) is 0 Å². The first kappa shape index (κ1) is 19.5. The number of carbonyl (C=O) groups is 4. The Morgan fingerprint density at radius 2 is 1.90 bits per heavy atom. The molecular formula is C22H18N4O4. The highest BCUT2D eigenvalue weighted by atomic mass is 16.2. The Kier molecular flexibility index (Phi) is 5.12. The quantitative estimate of drug-likeness (QED) is 0.746. The van der Waals surface area contributed by atoms with Crippen LogP contribution in [-0.2, 0) is 22.7 Å². The van der Waals surface area contributed by atoms with Gasteiger partial charge in [0.2, 0.25) is 11.8 Å². The molecule has 2 aromatic rings. The summed E-state index contributed by atoms with van der Waals surface area (Å²) in [6.45, 7) is 0.865. The summed E-state index contributed by atoms with van der Waals surface area (Å²) in [5.74, 6) is -1.72. The van der Waals surface area contributed by atoms with Crippen LogP contribution >= 0.6 is 0 Å². The fourth-order valence-electron chi connectivity index (χ4n) is 3.88. The molecule has 0 aromatic heterocycles. The molecule has 8 nitrogen and oxygen atoms in total. The predicted molar refractivity (Wildman–Crippen MR) is 105 cm³/mol. The van der Waals surface area contributed by atoms with Crippen molar-refractivity contribution in [2.75, 3.05) is 0 Å². The molecule has 2 aromatic carbocycles. The average molecular weight is 402 g/mol. The molecule has 4 rings (SSSR count). The van der Waals surface area contributed by atoms with E-state index in [1.807, 2.05) is 17.0 Å². The van der Waals surface area contributed by atoms with E-state index in [1.54, 1.807) is 24.3 Å². The molecule has 4 amide bonds. The number of amides is 4. The number of rotatable bonds is 3. The molecule has 1 unspecified atom stereocenters. The number of piperidine rings is 1. The average Bonchev–Trinajstić information content (AvgIpc) is 3.17. The first-order valence-corrected chi connectivity index (χ1v) is 9.50. The van der Waals surface area contributed by atoms with Gasteiger partial charge in [-0.15, -0.1) is 0 Å². The Labute approximate surface area is 172 Å². The van der Waals surface area contributed by atoms with Gasteiger partial charge in [-0.2, -0.15) is 5.26 Å². The molecule has 1 atom stereocenters. The minimum absolute atomic E-state index is 0.222. The largest absolute Gasteiger partial charge is 0.295 e. The summed E-state index contributed by atoms with van der Waals surface area (Å²) in [5, 5.41) is 13.7. The molecule has 0 aliphatic carbocycles. The highest BCUT2D eigenvalue weighted by Gasteiger charge is 2.36. The molecule has 0 spiro atoms. The zero-order chi connectivity index (χ0) is 21.3. The van der Waals surface area contributed by atoms with Crippen LogP contribution in [0.2, 0.25) is 0 Å². The van der Waals surface area contributed by atoms with E-state index in [1.165, 1.54) is 12.1 Å². The van der Waals surface area contributed by atoms with Crippen molar-refractivity contribution in [3.05, 3.63) is 70.3 Å². The van der Waals surface area contributed by atoms with Gasteiger partial charge in [-0.05, 0) is 41.8 Å². The Morgan fingerprint density at radius 3 is 2.67 bits per heavy atom. The maximum Gasteiger partial charge on any atom is 0.258 e. The van der Waals surface area contributed by atoms with Crippen molar-refractivity contribution in [2.45, 2.75) is 32.0 Å². The zero-order valence-electron chi connectivity index (χ0n) is 16.0. The summed E-state index contributed by atoms with van der Waals surface area (Å²) in [6.07, 6.45) is 0.723. The maximum atomic E-state index is 12.8. The fraction of sp³-hybridized carbons (Fsp3) is 0.227. The topological polar surface area (TPSA) is 119 Å². The van der Waals surface area contributed by atoms with Crippen molar-refractivity contribution >= 4 is 23.6 Å². The second-order valence-electron chi connectivity index (χ2n) is 7.29. The van der Waals surface area contributed by atoms with Gasteiger partial charge in [0.15, 0.2) is 0 Å². The van der Waals surface area contributed by atoms with E-state index in [9.17, 15) is 19.2 Å². The minimum Gasteiger partial charge on any atom is -0.295 e. The molecule has 0 saturated carbocycles. The van der Waals surface area contributed by atoms with Crippen molar-refractivity contribution in [3.63, 3.8) is 0 Å². The number of nitrogens with zero attached hydrogens (tertiary/aromatic N) is 2. The first-order valence-electron chi connectivity index (χ1n) is 9.50. The highest BCUT2D eigenvalue weighted by molar-refractivity contribution is 6.11. The summed E-state index contributed by atoms with van der Waals surface area (Å²) in [5.41, 5.74) is 2.59. The number of imide groups is 2. The molecule has 2 heterocycles. The number of hydrogen-bond donors (Lipinski definition) is 2. The molecule has 2 aliphatic rings. The number of nitriles is 1. The third kappa shape index (κ3) is 3.71. The summed E-state index contributed by atoms with van der Waals surface area (Å²) >= 11 is 0. The Hall–Kier alpha value is -3.83. The van der Waals surface area contributed by atoms with Crippen molar-refractivity contribution in [1.82, 2.24) is 15.5 Å². The number of fused-ring (bicyclic) bond motifs is 1. The molecular weight excluding hydrogens is 384 g/mol. The van der Waals surface area contributed by atoms with Gasteiger partial charge in [-0.3, -0.25) is 34.7 Å².